The van der Waals surface area contributed by atoms with E-state index >= 15 is 0 Å². The number of nitrogens with zero attached hydrogens (tertiary/aromatic N) is 1. The highest BCUT2D eigenvalue weighted by Gasteiger charge is 2.41. The molecule has 2 nitrogen and oxygen atoms in total. The van der Waals surface area contributed by atoms with Gasteiger partial charge in [-0.2, -0.15) is 0 Å². The van der Waals surface area contributed by atoms with E-state index in [0.29, 0.717) is 16.9 Å². The second kappa shape index (κ2) is 6.36. The second-order valence-electron chi connectivity index (χ2n) is 8.64. The molecule has 0 radical (unpaired) electrons. The Hall–Kier alpha value is -0.0800. The van der Waals surface area contributed by atoms with Crippen molar-refractivity contribution in [3.63, 3.8) is 0 Å². The van der Waals surface area contributed by atoms with Gasteiger partial charge in [-0.25, -0.2) is 0 Å². The highest BCUT2D eigenvalue weighted by Crippen LogP contribution is 2.42. The van der Waals surface area contributed by atoms with Gasteiger partial charge >= 0.3 is 0 Å². The smallest absolute Gasteiger partial charge is 0.0159 e. The number of likely N-dealkylation sites (tertiary alicyclic amines) is 1. The van der Waals surface area contributed by atoms with E-state index in [0.717, 1.165) is 12.5 Å². The zero-order valence-corrected chi connectivity index (χ0v) is 14.5. The first-order valence-corrected chi connectivity index (χ1v) is 8.80. The van der Waals surface area contributed by atoms with E-state index in [1.54, 1.807) is 0 Å². The summed E-state index contributed by atoms with van der Waals surface area (Å²) < 4.78 is 0. The van der Waals surface area contributed by atoms with Crippen LogP contribution in [0.25, 0.3) is 0 Å². The van der Waals surface area contributed by atoms with Crippen molar-refractivity contribution in [2.75, 3.05) is 26.2 Å². The third-order valence-electron chi connectivity index (χ3n) is 5.82. The van der Waals surface area contributed by atoms with Crippen molar-refractivity contribution in [3.8, 4) is 0 Å². The summed E-state index contributed by atoms with van der Waals surface area (Å²) in [6, 6.07) is 0.712. The van der Waals surface area contributed by atoms with Crippen LogP contribution < -0.4 is 5.32 Å². The molecule has 1 aliphatic carbocycles. The molecule has 0 amide bonds. The molecule has 2 rings (SSSR count). The van der Waals surface area contributed by atoms with Crippen LogP contribution in [0.15, 0.2) is 0 Å². The van der Waals surface area contributed by atoms with E-state index in [4.69, 9.17) is 0 Å². The minimum absolute atomic E-state index is 0.478. The Morgan fingerprint density at radius 3 is 2.50 bits per heavy atom. The van der Waals surface area contributed by atoms with Gasteiger partial charge in [-0.15, -0.1) is 0 Å². The Kier molecular flexibility index (Phi) is 5.18. The van der Waals surface area contributed by atoms with E-state index in [2.05, 4.69) is 44.8 Å². The zero-order chi connectivity index (χ0) is 14.8. The molecule has 2 heteroatoms. The molecule has 2 fully saturated rings. The van der Waals surface area contributed by atoms with Crippen LogP contribution >= 0.6 is 0 Å². The lowest BCUT2D eigenvalue weighted by Crippen LogP contribution is -2.45. The van der Waals surface area contributed by atoms with Crippen molar-refractivity contribution < 1.29 is 0 Å². The standard InChI is InChI=1S/C18H36N2/c1-6-19-16-15(8-10-18(16,4)5)14-20-12-7-9-17(2,3)11-13-20/h15-16,19H,6-14H2,1-5H3. The minimum atomic E-state index is 0.478. The molecule has 1 N–H and O–H groups in total. The lowest BCUT2D eigenvalue weighted by molar-refractivity contribution is 0.184. The molecule has 2 atom stereocenters. The largest absolute Gasteiger partial charge is 0.313 e. The summed E-state index contributed by atoms with van der Waals surface area (Å²) in [6.07, 6.45) is 6.94. The van der Waals surface area contributed by atoms with Gasteiger partial charge < -0.3 is 10.2 Å². The van der Waals surface area contributed by atoms with E-state index in [1.165, 1.54) is 51.7 Å². The van der Waals surface area contributed by atoms with Crippen molar-refractivity contribution in [1.82, 2.24) is 10.2 Å². The van der Waals surface area contributed by atoms with Crippen LogP contribution in [0.1, 0.15) is 66.7 Å². The van der Waals surface area contributed by atoms with Gasteiger partial charge in [-0.05, 0) is 68.5 Å². The Morgan fingerprint density at radius 1 is 1.05 bits per heavy atom. The third kappa shape index (κ3) is 3.98. The quantitative estimate of drug-likeness (QED) is 0.840. The predicted molar refractivity (Wildman–Crippen MR) is 88.0 cm³/mol. The van der Waals surface area contributed by atoms with Gasteiger partial charge in [0.25, 0.3) is 0 Å². The van der Waals surface area contributed by atoms with Crippen molar-refractivity contribution in [2.24, 2.45) is 16.7 Å². The average molecular weight is 280 g/mol. The normalized spacial score (nSPS) is 34.0. The van der Waals surface area contributed by atoms with Crippen LogP contribution in [0, 0.1) is 16.7 Å². The fourth-order valence-electron chi connectivity index (χ4n) is 4.37. The average Bonchev–Trinajstić information content (AvgIpc) is 2.53. The van der Waals surface area contributed by atoms with Crippen molar-refractivity contribution >= 4 is 0 Å². The summed E-state index contributed by atoms with van der Waals surface area (Å²) in [5.41, 5.74) is 1.04. The number of hydrogen-bond acceptors (Lipinski definition) is 2. The monoisotopic (exact) mass is 280 g/mol. The van der Waals surface area contributed by atoms with Gasteiger partial charge in [0.05, 0.1) is 0 Å². The zero-order valence-electron chi connectivity index (χ0n) is 14.5. The summed E-state index contributed by atoms with van der Waals surface area (Å²) in [5.74, 6) is 0.853. The maximum atomic E-state index is 3.78. The van der Waals surface area contributed by atoms with Crippen LogP contribution in [0.2, 0.25) is 0 Å². The minimum Gasteiger partial charge on any atom is -0.313 e. The molecule has 1 aliphatic heterocycles. The van der Waals surface area contributed by atoms with Gasteiger partial charge in [0.2, 0.25) is 0 Å². The molecule has 0 bridgehead atoms. The third-order valence-corrected chi connectivity index (χ3v) is 5.82. The molecule has 0 aromatic rings. The summed E-state index contributed by atoms with van der Waals surface area (Å²) in [5, 5.41) is 3.78. The first-order valence-electron chi connectivity index (χ1n) is 8.80. The molecule has 0 aromatic carbocycles. The van der Waals surface area contributed by atoms with E-state index in [1.807, 2.05) is 0 Å². The molecular weight excluding hydrogens is 244 g/mol. The van der Waals surface area contributed by atoms with E-state index in [9.17, 15) is 0 Å². The van der Waals surface area contributed by atoms with Crippen molar-refractivity contribution in [2.45, 2.75) is 72.8 Å². The maximum Gasteiger partial charge on any atom is 0.0159 e. The molecule has 1 saturated carbocycles. The van der Waals surface area contributed by atoms with Crippen LogP contribution in [0.5, 0.6) is 0 Å². The molecule has 0 aromatic heterocycles. The predicted octanol–water partition coefficient (Wildman–Crippen LogP) is 3.91. The molecule has 1 saturated heterocycles. The number of hydrogen-bond donors (Lipinski definition) is 1. The van der Waals surface area contributed by atoms with Crippen LogP contribution in [0.4, 0.5) is 0 Å². The molecular formula is C18H36N2. The summed E-state index contributed by atoms with van der Waals surface area (Å²) in [7, 11) is 0. The maximum absolute atomic E-state index is 3.78. The fraction of sp³-hybridized carbons (Fsp3) is 1.00. The lowest BCUT2D eigenvalue weighted by atomic mass is 9.84. The first kappa shape index (κ1) is 16.3. The molecule has 20 heavy (non-hydrogen) atoms. The van der Waals surface area contributed by atoms with Gasteiger partial charge in [0.15, 0.2) is 0 Å². The van der Waals surface area contributed by atoms with Crippen molar-refractivity contribution in [3.05, 3.63) is 0 Å². The Bertz CT molecular complexity index is 309. The van der Waals surface area contributed by atoms with E-state index < -0.39 is 0 Å². The Morgan fingerprint density at radius 2 is 1.80 bits per heavy atom. The van der Waals surface area contributed by atoms with Crippen LogP contribution in [-0.4, -0.2) is 37.1 Å². The SMILES string of the molecule is CCNC1C(CN2CCCC(C)(C)CC2)CCC1(C)C. The molecule has 2 aliphatic rings. The van der Waals surface area contributed by atoms with Gasteiger partial charge in [-0.3, -0.25) is 0 Å². The highest BCUT2D eigenvalue weighted by molar-refractivity contribution is 4.97. The first-order chi connectivity index (χ1) is 9.34. The number of nitrogens with one attached hydrogen (secondary N) is 1. The lowest BCUT2D eigenvalue weighted by Gasteiger charge is -2.34. The summed E-state index contributed by atoms with van der Waals surface area (Å²) in [6.45, 7) is 17.1. The fourth-order valence-corrected chi connectivity index (χ4v) is 4.37. The molecule has 0 spiro atoms. The summed E-state index contributed by atoms with van der Waals surface area (Å²) in [4.78, 5) is 2.76. The number of rotatable bonds is 4. The molecule has 1 heterocycles. The Labute approximate surface area is 126 Å². The van der Waals surface area contributed by atoms with Gasteiger partial charge in [0, 0.05) is 12.6 Å². The van der Waals surface area contributed by atoms with Gasteiger partial charge in [-0.1, -0.05) is 34.6 Å². The van der Waals surface area contributed by atoms with Crippen LogP contribution in [0.3, 0.4) is 0 Å². The second-order valence-corrected chi connectivity index (χ2v) is 8.64. The topological polar surface area (TPSA) is 15.3 Å². The Balaban J connectivity index is 1.92. The molecule has 118 valence electrons. The van der Waals surface area contributed by atoms with Crippen LogP contribution in [-0.2, 0) is 0 Å². The molecule has 2 unspecified atom stereocenters. The van der Waals surface area contributed by atoms with Crippen molar-refractivity contribution in [1.29, 1.82) is 0 Å². The van der Waals surface area contributed by atoms with E-state index in [-0.39, 0.29) is 0 Å². The highest BCUT2D eigenvalue weighted by atomic mass is 15.1. The summed E-state index contributed by atoms with van der Waals surface area (Å²) >= 11 is 0. The van der Waals surface area contributed by atoms with Gasteiger partial charge in [0.1, 0.15) is 0 Å².